The van der Waals surface area contributed by atoms with Gasteiger partial charge in [0, 0.05) is 6.16 Å². The predicted molar refractivity (Wildman–Crippen MR) is 96.1 cm³/mol. The molecule has 1 unspecified atom stereocenters. The molecule has 0 saturated heterocycles. The minimum absolute atomic E-state index is 0.423. The van der Waals surface area contributed by atoms with E-state index in [2.05, 4.69) is 6.92 Å². The van der Waals surface area contributed by atoms with Gasteiger partial charge in [-0.15, -0.1) is 0 Å². The second-order valence-electron chi connectivity index (χ2n) is 6.22. The molecule has 3 N–H and O–H groups in total. The smallest absolute Gasteiger partial charge is 0.330 e. The van der Waals surface area contributed by atoms with E-state index in [1.54, 1.807) is 0 Å². The number of hydrogen-bond donors (Lipinski definition) is 2. The van der Waals surface area contributed by atoms with Crippen molar-refractivity contribution in [1.29, 1.82) is 0 Å². The second kappa shape index (κ2) is 16.5. The first kappa shape index (κ1) is 22.6. The summed E-state index contributed by atoms with van der Waals surface area (Å²) in [6, 6.07) is -1.08. The number of carbonyl (C=O) groups excluding carboxylic acids is 1. The van der Waals surface area contributed by atoms with E-state index in [0.717, 1.165) is 19.3 Å². The number of aliphatic hydroxyl groups is 1. The van der Waals surface area contributed by atoms with Crippen LogP contribution >= 0.6 is 8.03 Å². The Balaban J connectivity index is 3.29. The summed E-state index contributed by atoms with van der Waals surface area (Å²) in [6.45, 7) is 1.76. The van der Waals surface area contributed by atoms with Gasteiger partial charge in [-0.2, -0.15) is 0 Å². The highest BCUT2D eigenvalue weighted by molar-refractivity contribution is 7.39. The van der Waals surface area contributed by atoms with Crippen LogP contribution in [0.15, 0.2) is 0 Å². The fourth-order valence-corrected chi connectivity index (χ4v) is 3.44. The summed E-state index contributed by atoms with van der Waals surface area (Å²) in [7, 11) is -2.35. The zero-order chi connectivity index (χ0) is 17.3. The zero-order valence-electron chi connectivity index (χ0n) is 14.7. The molecule has 0 saturated carbocycles. The minimum Gasteiger partial charge on any atom is -0.413 e. The first-order chi connectivity index (χ1) is 11.1. The third-order valence-electron chi connectivity index (χ3n) is 3.95. The average Bonchev–Trinajstić information content (AvgIpc) is 2.54. The molecular formula is C17H36NO4P. The molecule has 0 heterocycles. The van der Waals surface area contributed by atoms with Crippen molar-refractivity contribution < 1.29 is 19.0 Å². The van der Waals surface area contributed by atoms with Crippen molar-refractivity contribution in [3.05, 3.63) is 0 Å². The molecule has 23 heavy (non-hydrogen) atoms. The molecule has 0 aromatic carbocycles. The maximum atomic E-state index is 11.6. The Morgan fingerprint density at radius 2 is 1.39 bits per heavy atom. The van der Waals surface area contributed by atoms with Gasteiger partial charge >= 0.3 is 5.97 Å². The molecule has 0 aliphatic carbocycles. The molecule has 0 aromatic heterocycles. The van der Waals surface area contributed by atoms with Crippen molar-refractivity contribution >= 4 is 14.0 Å². The van der Waals surface area contributed by atoms with E-state index in [1.165, 1.54) is 57.8 Å². The SMILES string of the molecule is CCCCCCCCCCCCCC[PH](=O)OC(=O)[C@@H](N)CO. The number of aliphatic hydroxyl groups excluding tert-OH is 1. The number of nitrogens with two attached hydrogens (primary N) is 1. The van der Waals surface area contributed by atoms with Crippen molar-refractivity contribution in [3.63, 3.8) is 0 Å². The van der Waals surface area contributed by atoms with E-state index in [0.29, 0.717) is 6.16 Å². The van der Waals surface area contributed by atoms with Gasteiger partial charge in [-0.1, -0.05) is 77.6 Å². The fraction of sp³-hybridized carbons (Fsp3) is 0.941. The molecule has 0 radical (unpaired) electrons. The van der Waals surface area contributed by atoms with Gasteiger partial charge in [-0.25, -0.2) is 4.79 Å². The summed E-state index contributed by atoms with van der Waals surface area (Å²) in [6.07, 6.45) is 15.4. The molecule has 138 valence electrons. The lowest BCUT2D eigenvalue weighted by atomic mass is 10.1. The van der Waals surface area contributed by atoms with Gasteiger partial charge in [0.05, 0.1) is 6.61 Å². The Bertz CT molecular complexity index is 313. The van der Waals surface area contributed by atoms with Gasteiger partial charge in [0.1, 0.15) is 6.04 Å². The molecule has 0 fully saturated rings. The van der Waals surface area contributed by atoms with E-state index in [9.17, 15) is 9.36 Å². The van der Waals surface area contributed by atoms with E-state index in [4.69, 9.17) is 15.4 Å². The number of rotatable bonds is 16. The standard InChI is InChI=1S/C17H36NO4P/c1-2-3-4-5-6-7-8-9-10-11-12-13-14-23(21)22-17(20)16(18)15-19/h16,19,23H,2-15,18H2,1H3/t16-/m0/s1. The lowest BCUT2D eigenvalue weighted by molar-refractivity contribution is -0.136. The average molecular weight is 349 g/mol. The summed E-state index contributed by atoms with van der Waals surface area (Å²) in [5.41, 5.74) is 5.29. The summed E-state index contributed by atoms with van der Waals surface area (Å²) in [5, 5.41) is 8.69. The largest absolute Gasteiger partial charge is 0.413 e. The van der Waals surface area contributed by atoms with Crippen LogP contribution in [0.2, 0.25) is 0 Å². The maximum Gasteiger partial charge on any atom is 0.330 e. The predicted octanol–water partition coefficient (Wildman–Crippen LogP) is 4.03. The van der Waals surface area contributed by atoms with Crippen molar-refractivity contribution in [2.75, 3.05) is 12.8 Å². The normalized spacial score (nSPS) is 13.7. The van der Waals surface area contributed by atoms with Crippen LogP contribution in [0, 0.1) is 0 Å². The molecule has 6 heteroatoms. The first-order valence-electron chi connectivity index (χ1n) is 9.22. The zero-order valence-corrected chi connectivity index (χ0v) is 15.7. The molecule has 5 nitrogen and oxygen atoms in total. The highest BCUT2D eigenvalue weighted by atomic mass is 31.1. The van der Waals surface area contributed by atoms with Crippen LogP contribution in [0.3, 0.4) is 0 Å². The molecule has 0 bridgehead atoms. The van der Waals surface area contributed by atoms with Crippen LogP contribution in [0.25, 0.3) is 0 Å². The van der Waals surface area contributed by atoms with Crippen LogP contribution in [-0.4, -0.2) is 29.9 Å². The molecule has 0 spiro atoms. The topological polar surface area (TPSA) is 89.6 Å². The Kier molecular flexibility index (Phi) is 16.2. The molecule has 0 amide bonds. The van der Waals surface area contributed by atoms with Crippen molar-refractivity contribution in [2.45, 2.75) is 90.0 Å². The van der Waals surface area contributed by atoms with Crippen LogP contribution in [0.5, 0.6) is 0 Å². The molecular weight excluding hydrogens is 313 g/mol. The number of hydrogen-bond acceptors (Lipinski definition) is 5. The lowest BCUT2D eigenvalue weighted by Gasteiger charge is -2.08. The molecule has 0 aliphatic heterocycles. The van der Waals surface area contributed by atoms with Crippen molar-refractivity contribution in [2.24, 2.45) is 5.73 Å². The lowest BCUT2D eigenvalue weighted by Crippen LogP contribution is -2.34. The fourth-order valence-electron chi connectivity index (χ4n) is 2.42. The van der Waals surface area contributed by atoms with Gasteiger partial charge in [0.25, 0.3) is 0 Å². The maximum absolute atomic E-state index is 11.6. The van der Waals surface area contributed by atoms with Gasteiger partial charge in [0.15, 0.2) is 0 Å². The van der Waals surface area contributed by atoms with Gasteiger partial charge < -0.3 is 15.4 Å². The second-order valence-corrected chi connectivity index (χ2v) is 7.67. The Hall–Kier alpha value is -0.380. The molecule has 2 atom stereocenters. The highest BCUT2D eigenvalue weighted by Gasteiger charge is 2.16. The molecule has 0 rings (SSSR count). The van der Waals surface area contributed by atoms with E-state index in [1.807, 2.05) is 0 Å². The minimum atomic E-state index is -2.35. The third kappa shape index (κ3) is 14.9. The first-order valence-corrected chi connectivity index (χ1v) is 10.7. The number of unbranched alkanes of at least 4 members (excludes halogenated alkanes) is 11. The Morgan fingerprint density at radius 1 is 0.957 bits per heavy atom. The van der Waals surface area contributed by atoms with Crippen LogP contribution in [0.4, 0.5) is 0 Å². The summed E-state index contributed by atoms with van der Waals surface area (Å²) >= 11 is 0. The van der Waals surface area contributed by atoms with E-state index in [-0.39, 0.29) is 0 Å². The van der Waals surface area contributed by atoms with E-state index < -0.39 is 26.6 Å². The van der Waals surface area contributed by atoms with Crippen LogP contribution in [-0.2, 0) is 13.9 Å². The summed E-state index contributed by atoms with van der Waals surface area (Å²) in [5.74, 6) is -0.768. The van der Waals surface area contributed by atoms with Gasteiger partial charge in [0.2, 0.25) is 8.03 Å². The van der Waals surface area contributed by atoms with Gasteiger partial charge in [-0.3, -0.25) is 4.57 Å². The highest BCUT2D eigenvalue weighted by Crippen LogP contribution is 2.25. The van der Waals surface area contributed by atoms with Gasteiger partial charge in [-0.05, 0) is 6.42 Å². The number of carbonyl (C=O) groups is 1. The van der Waals surface area contributed by atoms with Crippen molar-refractivity contribution in [3.8, 4) is 0 Å². The molecule has 0 aromatic rings. The quantitative estimate of drug-likeness (QED) is 0.324. The van der Waals surface area contributed by atoms with Crippen LogP contribution in [0.1, 0.15) is 84.0 Å². The summed E-state index contributed by atoms with van der Waals surface area (Å²) in [4.78, 5) is 11.2. The Morgan fingerprint density at radius 3 is 1.83 bits per heavy atom. The summed E-state index contributed by atoms with van der Waals surface area (Å²) < 4.78 is 16.3. The molecule has 0 aliphatic rings. The van der Waals surface area contributed by atoms with Crippen molar-refractivity contribution in [1.82, 2.24) is 0 Å². The van der Waals surface area contributed by atoms with E-state index >= 15 is 0 Å². The third-order valence-corrected chi connectivity index (χ3v) is 5.14. The van der Waals surface area contributed by atoms with Crippen LogP contribution < -0.4 is 5.73 Å². The Labute approximate surface area is 142 Å². The monoisotopic (exact) mass is 349 g/mol.